The number of ether oxygens (including phenoxy) is 1. The van der Waals surface area contributed by atoms with Crippen LogP contribution in [0.2, 0.25) is 0 Å². The molecule has 0 atom stereocenters. The van der Waals surface area contributed by atoms with Crippen molar-refractivity contribution in [1.29, 1.82) is 5.26 Å². The Morgan fingerprint density at radius 2 is 2.28 bits per heavy atom. The summed E-state index contributed by atoms with van der Waals surface area (Å²) in [5, 5.41) is 19.2. The Balaban J connectivity index is 3.58. The van der Waals surface area contributed by atoms with Crippen LogP contribution in [-0.4, -0.2) is 23.0 Å². The van der Waals surface area contributed by atoms with E-state index in [1.165, 1.54) is 6.07 Å². The molecule has 0 aliphatic heterocycles. The summed E-state index contributed by atoms with van der Waals surface area (Å²) in [5.74, 6) is -1.07. The molecule has 0 aliphatic carbocycles. The summed E-state index contributed by atoms with van der Waals surface area (Å²) >= 11 is 0. The molecule has 0 N–H and O–H groups in total. The summed E-state index contributed by atoms with van der Waals surface area (Å²) < 4.78 is 29.3. The predicted octanol–water partition coefficient (Wildman–Crippen LogP) is 1.59. The van der Waals surface area contributed by atoms with Gasteiger partial charge in [-0.05, 0) is 0 Å². The van der Waals surface area contributed by atoms with Gasteiger partial charge in [-0.1, -0.05) is 0 Å². The van der Waals surface area contributed by atoms with E-state index >= 15 is 0 Å². The largest absolute Gasteiger partial charge is 0.465 e. The zero-order valence-corrected chi connectivity index (χ0v) is 8.89. The minimum absolute atomic E-state index is 0.531. The van der Waals surface area contributed by atoms with Crippen LogP contribution < -0.4 is 0 Å². The molecule has 0 aromatic carbocycles. The molecular formula is C9H5F2N3O4. The van der Waals surface area contributed by atoms with E-state index in [2.05, 4.69) is 9.72 Å². The lowest BCUT2D eigenvalue weighted by Gasteiger charge is -2.05. The van der Waals surface area contributed by atoms with Crippen LogP contribution in [0.5, 0.6) is 0 Å². The average molecular weight is 257 g/mol. The van der Waals surface area contributed by atoms with Gasteiger partial charge in [-0.25, -0.2) is 18.6 Å². The fourth-order valence-electron chi connectivity index (χ4n) is 1.17. The summed E-state index contributed by atoms with van der Waals surface area (Å²) in [5.41, 5.74) is -3.38. The molecule has 1 aromatic heterocycles. The fraction of sp³-hybridized carbons (Fsp3) is 0.222. The van der Waals surface area contributed by atoms with Gasteiger partial charge in [-0.2, -0.15) is 5.26 Å². The van der Waals surface area contributed by atoms with Crippen molar-refractivity contribution in [3.63, 3.8) is 0 Å². The molecule has 0 bridgehead atoms. The smallest absolute Gasteiger partial charge is 0.341 e. The molecular weight excluding hydrogens is 252 g/mol. The lowest BCUT2D eigenvalue weighted by Crippen LogP contribution is -2.10. The normalized spacial score (nSPS) is 9.94. The van der Waals surface area contributed by atoms with E-state index in [9.17, 15) is 23.7 Å². The van der Waals surface area contributed by atoms with Gasteiger partial charge in [0.1, 0.15) is 11.6 Å². The molecule has 18 heavy (non-hydrogen) atoms. The molecule has 1 rings (SSSR count). The van der Waals surface area contributed by atoms with Crippen molar-refractivity contribution >= 4 is 11.7 Å². The van der Waals surface area contributed by atoms with E-state index < -0.39 is 40.0 Å². The number of halogens is 2. The number of pyridine rings is 1. The highest BCUT2D eigenvalue weighted by Gasteiger charge is 2.28. The molecule has 1 heterocycles. The van der Waals surface area contributed by atoms with Crippen LogP contribution in [0, 0.1) is 21.4 Å². The standard InChI is InChI=1S/C9H5F2N3O4/c1-18-9(15)4-2-6(14(16)17)7(8(10)11)13-5(4)3-12/h2,8H,1H3. The molecule has 1 aromatic rings. The monoisotopic (exact) mass is 257 g/mol. The van der Waals surface area contributed by atoms with Crippen molar-refractivity contribution in [3.8, 4) is 6.07 Å². The number of methoxy groups -OCH3 is 1. The first kappa shape index (κ1) is 13.4. The Morgan fingerprint density at radius 3 is 2.67 bits per heavy atom. The first-order valence-electron chi connectivity index (χ1n) is 4.38. The molecule has 7 nitrogen and oxygen atoms in total. The van der Waals surface area contributed by atoms with Crippen molar-refractivity contribution in [2.75, 3.05) is 7.11 Å². The number of carbonyl (C=O) groups is 1. The number of nitriles is 1. The van der Waals surface area contributed by atoms with Crippen LogP contribution in [-0.2, 0) is 4.74 Å². The molecule has 9 heteroatoms. The number of nitrogens with zero attached hydrogens (tertiary/aromatic N) is 3. The molecule has 0 unspecified atom stereocenters. The molecule has 0 fully saturated rings. The Bertz CT molecular complexity index is 553. The number of rotatable bonds is 3. The van der Waals surface area contributed by atoms with Crippen molar-refractivity contribution in [2.45, 2.75) is 6.43 Å². The van der Waals surface area contributed by atoms with Gasteiger partial charge < -0.3 is 4.74 Å². The van der Waals surface area contributed by atoms with Crippen LogP contribution in [0.25, 0.3) is 0 Å². The summed E-state index contributed by atoms with van der Waals surface area (Å²) in [4.78, 5) is 23.8. The zero-order valence-electron chi connectivity index (χ0n) is 8.89. The zero-order chi connectivity index (χ0) is 13.9. The first-order valence-corrected chi connectivity index (χ1v) is 4.38. The first-order chi connectivity index (χ1) is 8.42. The van der Waals surface area contributed by atoms with Gasteiger partial charge in [0, 0.05) is 6.07 Å². The van der Waals surface area contributed by atoms with E-state index in [1.807, 2.05) is 0 Å². The molecule has 0 radical (unpaired) electrons. The highest BCUT2D eigenvalue weighted by molar-refractivity contribution is 5.92. The Labute approximate surface area is 98.8 Å². The number of carbonyl (C=O) groups excluding carboxylic acids is 1. The van der Waals surface area contributed by atoms with E-state index in [0.717, 1.165) is 7.11 Å². The predicted molar refractivity (Wildman–Crippen MR) is 51.9 cm³/mol. The number of aromatic nitrogens is 1. The van der Waals surface area contributed by atoms with Gasteiger partial charge >= 0.3 is 5.97 Å². The fourth-order valence-corrected chi connectivity index (χ4v) is 1.17. The van der Waals surface area contributed by atoms with Gasteiger partial charge in [-0.15, -0.1) is 0 Å². The SMILES string of the molecule is COC(=O)c1cc([N+](=O)[O-])c(C(F)F)nc1C#N. The van der Waals surface area contributed by atoms with Crippen LogP contribution >= 0.6 is 0 Å². The summed E-state index contributed by atoms with van der Waals surface area (Å²) in [6.45, 7) is 0. The number of hydrogen-bond donors (Lipinski definition) is 0. The number of hydrogen-bond acceptors (Lipinski definition) is 6. The van der Waals surface area contributed by atoms with Crippen molar-refractivity contribution < 1.29 is 23.2 Å². The quantitative estimate of drug-likeness (QED) is 0.462. The molecule has 0 saturated carbocycles. The Hall–Kier alpha value is -2.63. The summed E-state index contributed by atoms with van der Waals surface area (Å²) in [7, 11) is 0.982. The highest BCUT2D eigenvalue weighted by atomic mass is 19.3. The molecule has 0 aliphatic rings. The van der Waals surface area contributed by atoms with Crippen molar-refractivity contribution in [3.05, 3.63) is 33.1 Å². The third kappa shape index (κ3) is 2.37. The maximum Gasteiger partial charge on any atom is 0.341 e. The minimum atomic E-state index is -3.23. The van der Waals surface area contributed by atoms with Gasteiger partial charge in [0.25, 0.3) is 12.1 Å². The van der Waals surface area contributed by atoms with Crippen LogP contribution in [0.4, 0.5) is 14.5 Å². The lowest BCUT2D eigenvalue weighted by molar-refractivity contribution is -0.386. The van der Waals surface area contributed by atoms with E-state index in [1.54, 1.807) is 0 Å². The summed E-state index contributed by atoms with van der Waals surface area (Å²) in [6.07, 6.45) is -3.23. The lowest BCUT2D eigenvalue weighted by atomic mass is 10.1. The van der Waals surface area contributed by atoms with Crippen molar-refractivity contribution in [1.82, 2.24) is 4.98 Å². The third-order valence-corrected chi connectivity index (χ3v) is 1.95. The van der Waals surface area contributed by atoms with E-state index in [-0.39, 0.29) is 0 Å². The van der Waals surface area contributed by atoms with Gasteiger partial charge in [0.05, 0.1) is 12.0 Å². The molecule has 0 spiro atoms. The number of alkyl halides is 2. The molecule has 94 valence electrons. The van der Waals surface area contributed by atoms with Crippen LogP contribution in [0.3, 0.4) is 0 Å². The highest BCUT2D eigenvalue weighted by Crippen LogP contribution is 2.29. The van der Waals surface area contributed by atoms with Crippen LogP contribution in [0.15, 0.2) is 6.07 Å². The maximum atomic E-state index is 12.5. The summed E-state index contributed by atoms with van der Waals surface area (Å²) in [6, 6.07) is 1.96. The molecule has 0 saturated heterocycles. The van der Waals surface area contributed by atoms with Gasteiger partial charge in [-0.3, -0.25) is 10.1 Å². The average Bonchev–Trinajstić information content (AvgIpc) is 2.35. The molecule has 0 amide bonds. The van der Waals surface area contributed by atoms with E-state index in [4.69, 9.17) is 5.26 Å². The van der Waals surface area contributed by atoms with Gasteiger partial charge in [0.15, 0.2) is 11.4 Å². The minimum Gasteiger partial charge on any atom is -0.465 e. The number of esters is 1. The van der Waals surface area contributed by atoms with Crippen molar-refractivity contribution in [2.24, 2.45) is 0 Å². The topological polar surface area (TPSA) is 106 Å². The third-order valence-electron chi connectivity index (χ3n) is 1.95. The van der Waals surface area contributed by atoms with Gasteiger partial charge in [0.2, 0.25) is 0 Å². The number of nitro groups is 1. The van der Waals surface area contributed by atoms with E-state index in [0.29, 0.717) is 6.07 Å². The second kappa shape index (κ2) is 5.13. The second-order valence-electron chi connectivity index (χ2n) is 2.95. The Morgan fingerprint density at radius 1 is 1.67 bits per heavy atom. The van der Waals surface area contributed by atoms with Crippen LogP contribution in [0.1, 0.15) is 28.2 Å². The maximum absolute atomic E-state index is 12.5. The Kier molecular flexibility index (Phi) is 3.83. The second-order valence-corrected chi connectivity index (χ2v) is 2.95.